The number of benzene rings is 3. The van der Waals surface area contributed by atoms with E-state index in [0.717, 1.165) is 86.6 Å². The van der Waals surface area contributed by atoms with Crippen molar-refractivity contribution in [3.63, 3.8) is 0 Å². The lowest BCUT2D eigenvalue weighted by Crippen LogP contribution is -2.29. The van der Waals surface area contributed by atoms with Gasteiger partial charge in [0, 0.05) is 48.6 Å². The minimum absolute atomic E-state index is 0.0704. The SMILES string of the molecule is C=CC(=O)OCCCCCCOc1ccc(CC(=O)C2CCC(C(=O)Oc3ccc(CC(=O)C4CCC(C(=O)Oc5ccc(OCCCCCCOC(=O)C=C)cc5)CC4)cc3C=N)CC2)cc1. The summed E-state index contributed by atoms with van der Waals surface area (Å²) in [6.45, 7) is 8.66. The van der Waals surface area contributed by atoms with Crippen LogP contribution >= 0.6 is 0 Å². The molecule has 364 valence electrons. The Hall–Kier alpha value is -6.37. The summed E-state index contributed by atoms with van der Waals surface area (Å²) in [6.07, 6.45) is 15.6. The Morgan fingerprint density at radius 3 is 1.35 bits per heavy atom. The molecule has 2 saturated carbocycles. The van der Waals surface area contributed by atoms with E-state index in [9.17, 15) is 28.8 Å². The Labute approximate surface area is 400 Å². The second-order valence-electron chi connectivity index (χ2n) is 17.6. The Kier molecular flexibility index (Phi) is 22.2. The van der Waals surface area contributed by atoms with Gasteiger partial charge in [0.05, 0.1) is 38.3 Å². The van der Waals surface area contributed by atoms with Gasteiger partial charge in [0.2, 0.25) is 0 Å². The van der Waals surface area contributed by atoms with Crippen molar-refractivity contribution in [1.29, 1.82) is 5.41 Å². The van der Waals surface area contributed by atoms with Gasteiger partial charge in [-0.3, -0.25) is 19.2 Å². The number of nitrogens with one attached hydrogen (secondary N) is 1. The van der Waals surface area contributed by atoms with Crippen LogP contribution in [0.25, 0.3) is 0 Å². The summed E-state index contributed by atoms with van der Waals surface area (Å²) in [5.74, 6) is -0.0747. The molecule has 0 heterocycles. The molecule has 1 N–H and O–H groups in total. The molecule has 2 aliphatic rings. The molecule has 68 heavy (non-hydrogen) atoms. The van der Waals surface area contributed by atoms with Crippen LogP contribution in [0.1, 0.15) is 119 Å². The highest BCUT2D eigenvalue weighted by Gasteiger charge is 2.33. The van der Waals surface area contributed by atoms with Crippen LogP contribution in [-0.2, 0) is 51.1 Å². The number of Topliss-reactive ketones (excluding diaryl/α,β-unsaturated/α-hetero) is 2. The van der Waals surface area contributed by atoms with Crippen molar-refractivity contribution in [1.82, 2.24) is 0 Å². The maximum atomic E-state index is 13.4. The van der Waals surface area contributed by atoms with E-state index in [1.54, 1.807) is 42.5 Å². The molecule has 0 atom stereocenters. The monoisotopic (exact) mass is 933 g/mol. The molecule has 0 unspecified atom stereocenters. The molecule has 0 aliphatic heterocycles. The van der Waals surface area contributed by atoms with Gasteiger partial charge >= 0.3 is 23.9 Å². The van der Waals surface area contributed by atoms with E-state index in [1.807, 2.05) is 24.3 Å². The van der Waals surface area contributed by atoms with Crippen LogP contribution in [0.2, 0.25) is 0 Å². The van der Waals surface area contributed by atoms with Crippen molar-refractivity contribution in [2.75, 3.05) is 26.4 Å². The number of carbonyl (C=O) groups is 6. The van der Waals surface area contributed by atoms with E-state index < -0.39 is 11.9 Å². The van der Waals surface area contributed by atoms with Crippen LogP contribution in [0, 0.1) is 29.1 Å². The summed E-state index contributed by atoms with van der Waals surface area (Å²) >= 11 is 0. The zero-order valence-corrected chi connectivity index (χ0v) is 39.3. The third kappa shape index (κ3) is 18.0. The third-order valence-corrected chi connectivity index (χ3v) is 12.6. The Morgan fingerprint density at radius 1 is 0.485 bits per heavy atom. The van der Waals surface area contributed by atoms with Gasteiger partial charge in [-0.1, -0.05) is 31.4 Å². The van der Waals surface area contributed by atoms with Crippen molar-refractivity contribution in [3.8, 4) is 23.0 Å². The lowest BCUT2D eigenvalue weighted by molar-refractivity contribution is -0.141. The molecule has 0 bridgehead atoms. The van der Waals surface area contributed by atoms with Crippen molar-refractivity contribution in [3.05, 3.63) is 109 Å². The maximum absolute atomic E-state index is 13.4. The maximum Gasteiger partial charge on any atom is 0.330 e. The van der Waals surface area contributed by atoms with E-state index >= 15 is 0 Å². The molecule has 2 fully saturated rings. The summed E-state index contributed by atoms with van der Waals surface area (Å²) in [4.78, 5) is 75.0. The highest BCUT2D eigenvalue weighted by Crippen LogP contribution is 2.34. The zero-order valence-electron chi connectivity index (χ0n) is 39.3. The Balaban J connectivity index is 0.949. The quantitative estimate of drug-likeness (QED) is 0.0229. The summed E-state index contributed by atoms with van der Waals surface area (Å²) < 4.78 is 33.1. The van der Waals surface area contributed by atoms with E-state index in [2.05, 4.69) is 13.2 Å². The minimum Gasteiger partial charge on any atom is -0.494 e. The summed E-state index contributed by atoms with van der Waals surface area (Å²) in [6, 6.07) is 19.7. The number of esters is 4. The van der Waals surface area contributed by atoms with Crippen LogP contribution in [0.4, 0.5) is 0 Å². The van der Waals surface area contributed by atoms with Gasteiger partial charge in [0.15, 0.2) is 0 Å². The molecule has 0 spiro atoms. The number of ketones is 2. The average Bonchev–Trinajstić information content (AvgIpc) is 3.36. The first-order valence-corrected chi connectivity index (χ1v) is 24.2. The van der Waals surface area contributed by atoms with Crippen molar-refractivity contribution >= 4 is 41.7 Å². The zero-order chi connectivity index (χ0) is 48.5. The first kappa shape index (κ1) is 52.6. The largest absolute Gasteiger partial charge is 0.494 e. The molecule has 0 aromatic heterocycles. The molecule has 13 heteroatoms. The van der Waals surface area contributed by atoms with Crippen LogP contribution < -0.4 is 18.9 Å². The number of unbranched alkanes of at least 4 members (excludes halogenated alkanes) is 6. The molecule has 0 saturated heterocycles. The van der Waals surface area contributed by atoms with Gasteiger partial charge in [-0.05, 0) is 162 Å². The summed E-state index contributed by atoms with van der Waals surface area (Å²) in [5, 5.41) is 8.01. The average molecular weight is 934 g/mol. The number of hydrogen-bond donors (Lipinski definition) is 1. The molecule has 2 aliphatic carbocycles. The Morgan fingerprint density at radius 2 is 0.882 bits per heavy atom. The third-order valence-electron chi connectivity index (χ3n) is 12.6. The summed E-state index contributed by atoms with van der Waals surface area (Å²) in [5.41, 5.74) is 2.05. The van der Waals surface area contributed by atoms with E-state index in [4.69, 9.17) is 33.8 Å². The van der Waals surface area contributed by atoms with Gasteiger partial charge in [0.1, 0.15) is 34.6 Å². The number of rotatable bonds is 29. The predicted molar refractivity (Wildman–Crippen MR) is 257 cm³/mol. The van der Waals surface area contributed by atoms with Gasteiger partial charge in [-0.25, -0.2) is 9.59 Å². The van der Waals surface area contributed by atoms with Gasteiger partial charge in [-0.15, -0.1) is 0 Å². The number of hydrogen-bond acceptors (Lipinski definition) is 13. The normalized spacial score (nSPS) is 17.7. The fourth-order valence-electron chi connectivity index (χ4n) is 8.56. The second kappa shape index (κ2) is 28.7. The first-order chi connectivity index (χ1) is 33.0. The molecule has 13 nitrogen and oxygen atoms in total. The number of ether oxygens (including phenoxy) is 6. The topological polar surface area (TPSA) is 182 Å². The van der Waals surface area contributed by atoms with Gasteiger partial charge in [0.25, 0.3) is 0 Å². The van der Waals surface area contributed by atoms with Gasteiger partial charge in [-0.2, -0.15) is 0 Å². The highest BCUT2D eigenvalue weighted by atomic mass is 16.5. The van der Waals surface area contributed by atoms with Crippen LogP contribution in [0.15, 0.2) is 92.0 Å². The smallest absolute Gasteiger partial charge is 0.330 e. The van der Waals surface area contributed by atoms with Crippen LogP contribution in [-0.4, -0.2) is 68.1 Å². The lowest BCUT2D eigenvalue weighted by Gasteiger charge is -2.27. The van der Waals surface area contributed by atoms with Crippen molar-refractivity contribution in [2.24, 2.45) is 23.7 Å². The van der Waals surface area contributed by atoms with Crippen molar-refractivity contribution < 1.29 is 57.2 Å². The first-order valence-electron chi connectivity index (χ1n) is 24.2. The van der Waals surface area contributed by atoms with Crippen molar-refractivity contribution in [2.45, 2.75) is 116 Å². The van der Waals surface area contributed by atoms with E-state index in [-0.39, 0.29) is 59.3 Å². The molecular formula is C55H67NO12. The molecule has 3 aromatic carbocycles. The Bertz CT molecular complexity index is 2150. The molecule has 5 rings (SSSR count). The minimum atomic E-state index is -0.406. The lowest BCUT2D eigenvalue weighted by atomic mass is 9.79. The fraction of sp³-hybridized carbons (Fsp3) is 0.473. The number of carbonyl (C=O) groups excluding carboxylic acids is 6. The van der Waals surface area contributed by atoms with E-state index in [0.29, 0.717) is 101 Å². The highest BCUT2D eigenvalue weighted by molar-refractivity contribution is 5.88. The molecule has 3 aromatic rings. The predicted octanol–water partition coefficient (Wildman–Crippen LogP) is 10.1. The molecular weight excluding hydrogens is 867 g/mol. The van der Waals surface area contributed by atoms with E-state index in [1.165, 1.54) is 0 Å². The fourth-order valence-corrected chi connectivity index (χ4v) is 8.56. The molecule has 0 amide bonds. The standard InChI is InChI=1S/C55H67NO12/c1-3-52(59)65-33-11-7-5-9-31-63-46-24-13-39(14-25-46)36-49(57)41-18-22-44(23-19-41)55(62)68-51-30-15-40(35-45(51)38-56)37-50(58)42-16-20-43(21-17-42)54(61)67-48-28-26-47(27-29-48)64-32-10-6-8-12-34-66-53(60)4-2/h3-4,13-15,24-30,35,38,41-44,56H,1-2,5-12,16-23,31-34,36-37H2. The molecule has 0 radical (unpaired) electrons. The van der Waals surface area contributed by atoms with Crippen LogP contribution in [0.5, 0.6) is 23.0 Å². The van der Waals surface area contributed by atoms with Gasteiger partial charge < -0.3 is 33.8 Å². The second-order valence-corrected chi connectivity index (χ2v) is 17.6. The van der Waals surface area contributed by atoms with Crippen LogP contribution in [0.3, 0.4) is 0 Å². The summed E-state index contributed by atoms with van der Waals surface area (Å²) in [7, 11) is 0.